The minimum absolute atomic E-state index is 0.0587. The third-order valence-electron chi connectivity index (χ3n) is 4.73. The number of thiazole rings is 1. The van der Waals surface area contributed by atoms with Gasteiger partial charge in [0.05, 0.1) is 36.0 Å². The Bertz CT molecular complexity index is 1020. The Balaban J connectivity index is 1.51. The summed E-state index contributed by atoms with van der Waals surface area (Å²) >= 11 is 1.56. The van der Waals surface area contributed by atoms with Crippen LogP contribution in [0, 0.1) is 13.8 Å². The van der Waals surface area contributed by atoms with Crippen LogP contribution >= 0.6 is 11.3 Å². The molecule has 2 N–H and O–H groups in total. The van der Waals surface area contributed by atoms with Crippen LogP contribution in [-0.4, -0.2) is 50.4 Å². The van der Waals surface area contributed by atoms with Crippen LogP contribution in [0.1, 0.15) is 28.2 Å². The number of rotatable bonds is 4. The highest BCUT2D eigenvalue weighted by Gasteiger charge is 2.27. The molecule has 0 saturated carbocycles. The predicted molar refractivity (Wildman–Crippen MR) is 110 cm³/mol. The Morgan fingerprint density at radius 1 is 1.24 bits per heavy atom. The molecule has 1 aliphatic heterocycles. The molecule has 1 saturated heterocycles. The van der Waals surface area contributed by atoms with Crippen molar-refractivity contribution >= 4 is 23.2 Å². The van der Waals surface area contributed by atoms with Crippen molar-refractivity contribution in [2.75, 3.05) is 25.4 Å². The van der Waals surface area contributed by atoms with Gasteiger partial charge in [0.25, 0.3) is 0 Å². The van der Waals surface area contributed by atoms with Crippen molar-refractivity contribution in [3.8, 4) is 11.1 Å². The van der Waals surface area contributed by atoms with E-state index in [2.05, 4.69) is 19.9 Å². The summed E-state index contributed by atoms with van der Waals surface area (Å²) < 4.78 is 5.94. The SMILES string of the molecule is Cc1cc(-c2cnc(N)nc2)cc(C2CN(C(=O)Cc3csc(C)n3)CCO2)n1. The van der Waals surface area contributed by atoms with E-state index in [9.17, 15) is 4.79 Å². The molecule has 0 aromatic carbocycles. The lowest BCUT2D eigenvalue weighted by molar-refractivity contribution is -0.138. The molecule has 0 radical (unpaired) electrons. The van der Waals surface area contributed by atoms with E-state index in [4.69, 9.17) is 10.5 Å². The number of nitrogens with zero attached hydrogens (tertiary/aromatic N) is 5. The highest BCUT2D eigenvalue weighted by atomic mass is 32.1. The number of nitrogens with two attached hydrogens (primary N) is 1. The molecule has 0 aliphatic carbocycles. The number of hydrogen-bond acceptors (Lipinski definition) is 8. The summed E-state index contributed by atoms with van der Waals surface area (Å²) in [6.45, 7) is 5.39. The molecule has 29 heavy (non-hydrogen) atoms. The van der Waals surface area contributed by atoms with E-state index < -0.39 is 0 Å². The zero-order valence-electron chi connectivity index (χ0n) is 16.3. The standard InChI is InChI=1S/C20H22N6O2S/c1-12-5-14(15-8-22-20(21)23-9-15)6-17(24-12)18-10-26(3-4-28-18)19(27)7-16-11-29-13(2)25-16/h5-6,8-9,11,18H,3-4,7,10H2,1-2H3,(H2,21,22,23). The van der Waals surface area contributed by atoms with E-state index in [1.54, 1.807) is 23.7 Å². The number of morpholine rings is 1. The van der Waals surface area contributed by atoms with Gasteiger partial charge in [-0.3, -0.25) is 9.78 Å². The fraction of sp³-hybridized carbons (Fsp3) is 0.350. The topological polar surface area (TPSA) is 107 Å². The van der Waals surface area contributed by atoms with Crippen LogP contribution < -0.4 is 5.73 Å². The third-order valence-corrected chi connectivity index (χ3v) is 5.55. The van der Waals surface area contributed by atoms with E-state index in [1.807, 2.05) is 36.3 Å². The number of aryl methyl sites for hydroxylation is 2. The van der Waals surface area contributed by atoms with Crippen molar-refractivity contribution in [2.24, 2.45) is 0 Å². The van der Waals surface area contributed by atoms with Crippen LogP contribution in [0.25, 0.3) is 11.1 Å². The highest BCUT2D eigenvalue weighted by Crippen LogP contribution is 2.27. The van der Waals surface area contributed by atoms with Crippen molar-refractivity contribution in [1.29, 1.82) is 0 Å². The third kappa shape index (κ3) is 4.57. The van der Waals surface area contributed by atoms with Crippen LogP contribution in [0.5, 0.6) is 0 Å². The summed E-state index contributed by atoms with van der Waals surface area (Å²) in [5.41, 5.74) is 9.85. The molecular weight excluding hydrogens is 388 g/mol. The van der Waals surface area contributed by atoms with E-state index in [0.29, 0.717) is 26.1 Å². The molecule has 4 rings (SSSR count). The van der Waals surface area contributed by atoms with E-state index in [0.717, 1.165) is 33.2 Å². The molecule has 3 aromatic heterocycles. The summed E-state index contributed by atoms with van der Waals surface area (Å²) in [6, 6.07) is 3.93. The number of carbonyl (C=O) groups excluding carboxylic acids is 1. The van der Waals surface area contributed by atoms with Crippen LogP contribution in [-0.2, 0) is 16.0 Å². The summed E-state index contributed by atoms with van der Waals surface area (Å²) in [7, 11) is 0. The number of pyridine rings is 1. The van der Waals surface area contributed by atoms with Crippen molar-refractivity contribution < 1.29 is 9.53 Å². The molecule has 1 amide bonds. The maximum Gasteiger partial charge on any atom is 0.228 e. The van der Waals surface area contributed by atoms with Gasteiger partial charge in [-0.1, -0.05) is 0 Å². The molecule has 1 aliphatic rings. The Morgan fingerprint density at radius 2 is 2.03 bits per heavy atom. The lowest BCUT2D eigenvalue weighted by atomic mass is 10.1. The monoisotopic (exact) mass is 410 g/mol. The van der Waals surface area contributed by atoms with Crippen molar-refractivity contribution in [1.82, 2.24) is 24.8 Å². The number of hydrogen-bond donors (Lipinski definition) is 1. The second-order valence-electron chi connectivity index (χ2n) is 6.99. The van der Waals surface area contributed by atoms with Gasteiger partial charge < -0.3 is 15.4 Å². The zero-order valence-corrected chi connectivity index (χ0v) is 17.1. The molecule has 8 nitrogen and oxygen atoms in total. The Hall–Kier alpha value is -2.91. The average Bonchev–Trinajstić information content (AvgIpc) is 3.12. The molecule has 1 fully saturated rings. The number of ether oxygens (including phenoxy) is 1. The molecule has 9 heteroatoms. The first-order chi connectivity index (χ1) is 14.0. The fourth-order valence-corrected chi connectivity index (χ4v) is 3.94. The lowest BCUT2D eigenvalue weighted by Crippen LogP contribution is -2.43. The minimum Gasteiger partial charge on any atom is -0.368 e. The molecule has 1 atom stereocenters. The predicted octanol–water partition coefficient (Wildman–Crippen LogP) is 2.34. The Labute approximate surface area is 172 Å². The van der Waals surface area contributed by atoms with Gasteiger partial charge in [-0.2, -0.15) is 0 Å². The number of nitrogen functional groups attached to an aromatic ring is 1. The smallest absolute Gasteiger partial charge is 0.228 e. The molecule has 150 valence electrons. The quantitative estimate of drug-likeness (QED) is 0.703. The summed E-state index contributed by atoms with van der Waals surface area (Å²) in [4.78, 5) is 31.7. The van der Waals surface area contributed by atoms with E-state index >= 15 is 0 Å². The van der Waals surface area contributed by atoms with Crippen molar-refractivity contribution in [2.45, 2.75) is 26.4 Å². The molecule has 4 heterocycles. The van der Waals surface area contributed by atoms with E-state index in [-0.39, 0.29) is 18.0 Å². The van der Waals surface area contributed by atoms with Crippen molar-refractivity contribution in [3.05, 3.63) is 52.0 Å². The normalized spacial score (nSPS) is 16.8. The highest BCUT2D eigenvalue weighted by molar-refractivity contribution is 7.09. The van der Waals surface area contributed by atoms with Gasteiger partial charge in [-0.05, 0) is 31.5 Å². The van der Waals surface area contributed by atoms with Gasteiger partial charge in [0, 0.05) is 35.6 Å². The van der Waals surface area contributed by atoms with Gasteiger partial charge >= 0.3 is 0 Å². The second-order valence-corrected chi connectivity index (χ2v) is 8.05. The summed E-state index contributed by atoms with van der Waals surface area (Å²) in [5, 5.41) is 2.91. The van der Waals surface area contributed by atoms with Gasteiger partial charge in [0.1, 0.15) is 6.10 Å². The van der Waals surface area contributed by atoms with Crippen molar-refractivity contribution in [3.63, 3.8) is 0 Å². The second kappa shape index (κ2) is 8.22. The minimum atomic E-state index is -0.279. The van der Waals surface area contributed by atoms with E-state index in [1.165, 1.54) is 0 Å². The number of amides is 1. The zero-order chi connectivity index (χ0) is 20.4. The number of carbonyl (C=O) groups is 1. The molecule has 0 spiro atoms. The molecule has 3 aromatic rings. The molecule has 1 unspecified atom stereocenters. The van der Waals surface area contributed by atoms with Crippen LogP contribution in [0.15, 0.2) is 29.9 Å². The Morgan fingerprint density at radius 3 is 2.76 bits per heavy atom. The number of anilines is 1. The van der Waals surface area contributed by atoms with Gasteiger partial charge in [0.15, 0.2) is 0 Å². The lowest BCUT2D eigenvalue weighted by Gasteiger charge is -2.33. The summed E-state index contributed by atoms with van der Waals surface area (Å²) in [5.74, 6) is 0.295. The maximum atomic E-state index is 12.7. The van der Waals surface area contributed by atoms with Crippen LogP contribution in [0.2, 0.25) is 0 Å². The maximum absolute atomic E-state index is 12.7. The average molecular weight is 411 g/mol. The first-order valence-electron chi connectivity index (χ1n) is 9.35. The Kier molecular flexibility index (Phi) is 5.50. The fourth-order valence-electron chi connectivity index (χ4n) is 3.32. The first-order valence-corrected chi connectivity index (χ1v) is 10.2. The summed E-state index contributed by atoms with van der Waals surface area (Å²) in [6.07, 6.45) is 3.41. The first kappa shape index (κ1) is 19.4. The van der Waals surface area contributed by atoms with Crippen LogP contribution in [0.4, 0.5) is 5.95 Å². The largest absolute Gasteiger partial charge is 0.368 e. The van der Waals surface area contributed by atoms with Gasteiger partial charge in [-0.25, -0.2) is 15.0 Å². The van der Waals surface area contributed by atoms with Gasteiger partial charge in [0.2, 0.25) is 11.9 Å². The van der Waals surface area contributed by atoms with Gasteiger partial charge in [-0.15, -0.1) is 11.3 Å². The van der Waals surface area contributed by atoms with Crippen LogP contribution in [0.3, 0.4) is 0 Å². The molecular formula is C20H22N6O2S. The number of aromatic nitrogens is 4. The molecule has 0 bridgehead atoms.